The number of halogens is 1. The number of amides is 1. The van der Waals surface area contributed by atoms with Crippen molar-refractivity contribution < 1.29 is 9.21 Å². The molecule has 0 aliphatic rings. The van der Waals surface area contributed by atoms with E-state index in [9.17, 15) is 4.79 Å². The van der Waals surface area contributed by atoms with Crippen molar-refractivity contribution in [3.63, 3.8) is 0 Å². The van der Waals surface area contributed by atoms with Gasteiger partial charge < -0.3 is 4.42 Å². The van der Waals surface area contributed by atoms with Gasteiger partial charge in [0.15, 0.2) is 5.76 Å². The van der Waals surface area contributed by atoms with E-state index < -0.39 is 0 Å². The Morgan fingerprint density at radius 1 is 1.32 bits per heavy atom. The Morgan fingerprint density at radius 2 is 2.05 bits per heavy atom. The minimum Gasteiger partial charge on any atom is -0.459 e. The van der Waals surface area contributed by atoms with Crippen molar-refractivity contribution >= 4 is 27.5 Å². The van der Waals surface area contributed by atoms with Gasteiger partial charge in [0.1, 0.15) is 0 Å². The predicted octanol–water partition coefficient (Wildman–Crippen LogP) is 3.59. The smallest absolute Gasteiger partial charge is 0.307 e. The van der Waals surface area contributed by atoms with Crippen molar-refractivity contribution in [2.45, 2.75) is 13.3 Å². The molecule has 0 saturated carbocycles. The van der Waals surface area contributed by atoms with E-state index in [2.05, 4.69) is 26.5 Å². The van der Waals surface area contributed by atoms with Crippen molar-refractivity contribution in [3.8, 4) is 0 Å². The van der Waals surface area contributed by atoms with Crippen LogP contribution in [-0.2, 0) is 0 Å². The summed E-state index contributed by atoms with van der Waals surface area (Å²) in [4.78, 5) is 11.7. The van der Waals surface area contributed by atoms with Crippen molar-refractivity contribution in [3.05, 3.63) is 58.5 Å². The second kappa shape index (κ2) is 6.33. The lowest BCUT2D eigenvalue weighted by Gasteiger charge is -2.04. The Bertz CT molecular complexity index is 574. The summed E-state index contributed by atoms with van der Waals surface area (Å²) in [5.41, 5.74) is 4.28. The van der Waals surface area contributed by atoms with Gasteiger partial charge in [0.05, 0.1) is 12.0 Å². The summed E-state index contributed by atoms with van der Waals surface area (Å²) in [6, 6.07) is 11.0. The highest BCUT2D eigenvalue weighted by atomic mass is 79.9. The average Bonchev–Trinajstić information content (AvgIpc) is 2.95. The van der Waals surface area contributed by atoms with Crippen LogP contribution in [0, 0.1) is 0 Å². The van der Waals surface area contributed by atoms with E-state index >= 15 is 0 Å². The number of hydrazone groups is 1. The molecule has 0 aliphatic heterocycles. The van der Waals surface area contributed by atoms with Crippen molar-refractivity contribution in [2.75, 3.05) is 0 Å². The van der Waals surface area contributed by atoms with Crippen LogP contribution < -0.4 is 5.43 Å². The molecule has 0 unspecified atom stereocenters. The van der Waals surface area contributed by atoms with Crippen LogP contribution in [-0.4, -0.2) is 11.6 Å². The van der Waals surface area contributed by atoms with Crippen LogP contribution in [0.5, 0.6) is 0 Å². The van der Waals surface area contributed by atoms with Crippen LogP contribution in [0.4, 0.5) is 0 Å². The number of hydrogen-bond acceptors (Lipinski definition) is 3. The van der Waals surface area contributed by atoms with E-state index in [0.717, 1.165) is 22.2 Å². The van der Waals surface area contributed by atoms with Crippen LogP contribution in [0.1, 0.15) is 29.5 Å². The molecule has 0 bridgehead atoms. The maximum atomic E-state index is 11.7. The first-order valence-corrected chi connectivity index (χ1v) is 6.66. The highest BCUT2D eigenvalue weighted by Crippen LogP contribution is 2.12. The molecule has 0 atom stereocenters. The van der Waals surface area contributed by atoms with Gasteiger partial charge in [0.2, 0.25) is 0 Å². The minimum absolute atomic E-state index is 0.245. The Labute approximate surface area is 119 Å². The first-order valence-electron chi connectivity index (χ1n) is 5.87. The second-order valence-corrected chi connectivity index (χ2v) is 4.75. The molecule has 0 fully saturated rings. The monoisotopic (exact) mass is 320 g/mol. The number of nitrogens with one attached hydrogen (secondary N) is 1. The average molecular weight is 321 g/mol. The summed E-state index contributed by atoms with van der Waals surface area (Å²) in [5, 5.41) is 4.14. The molecule has 1 aromatic carbocycles. The minimum atomic E-state index is -0.354. The number of hydrogen-bond donors (Lipinski definition) is 1. The SMILES string of the molecule is CC/C(=N\NC(=O)c1ccco1)c1ccc(Br)cc1. The van der Waals surface area contributed by atoms with Crippen molar-refractivity contribution in [1.29, 1.82) is 0 Å². The zero-order valence-corrected chi connectivity index (χ0v) is 12.0. The normalized spacial score (nSPS) is 11.4. The fourth-order valence-electron chi connectivity index (χ4n) is 1.57. The van der Waals surface area contributed by atoms with Gasteiger partial charge in [-0.2, -0.15) is 5.10 Å². The molecule has 2 aromatic rings. The summed E-state index contributed by atoms with van der Waals surface area (Å²) in [5.74, 6) is -0.108. The first kappa shape index (κ1) is 13.5. The summed E-state index contributed by atoms with van der Waals surface area (Å²) in [6.07, 6.45) is 2.17. The zero-order valence-electron chi connectivity index (χ0n) is 10.4. The van der Waals surface area contributed by atoms with Gasteiger partial charge >= 0.3 is 5.91 Å². The van der Waals surface area contributed by atoms with Gasteiger partial charge in [-0.1, -0.05) is 35.0 Å². The molecule has 5 heteroatoms. The fourth-order valence-corrected chi connectivity index (χ4v) is 1.84. The van der Waals surface area contributed by atoms with E-state index in [1.54, 1.807) is 12.1 Å². The molecule has 0 aliphatic carbocycles. The number of rotatable bonds is 4. The number of carbonyl (C=O) groups excluding carboxylic acids is 1. The van der Waals surface area contributed by atoms with Gasteiger partial charge in [-0.3, -0.25) is 4.79 Å². The number of benzene rings is 1. The van der Waals surface area contributed by atoms with Crippen LogP contribution in [0.15, 0.2) is 56.7 Å². The molecule has 1 N–H and O–H groups in total. The number of furan rings is 1. The van der Waals surface area contributed by atoms with E-state index in [1.165, 1.54) is 6.26 Å². The molecule has 2 rings (SSSR count). The Morgan fingerprint density at radius 3 is 2.63 bits per heavy atom. The molecule has 1 amide bonds. The number of carbonyl (C=O) groups is 1. The number of nitrogens with zero attached hydrogens (tertiary/aromatic N) is 1. The lowest BCUT2D eigenvalue weighted by atomic mass is 10.1. The molecule has 98 valence electrons. The lowest BCUT2D eigenvalue weighted by Crippen LogP contribution is -2.19. The third-order valence-electron chi connectivity index (χ3n) is 2.55. The summed E-state index contributed by atoms with van der Waals surface area (Å²) in [6.45, 7) is 1.99. The third-order valence-corrected chi connectivity index (χ3v) is 3.08. The van der Waals surface area contributed by atoms with Crippen LogP contribution >= 0.6 is 15.9 Å². The maximum Gasteiger partial charge on any atom is 0.307 e. The highest BCUT2D eigenvalue weighted by molar-refractivity contribution is 9.10. The highest BCUT2D eigenvalue weighted by Gasteiger charge is 2.08. The molecule has 4 nitrogen and oxygen atoms in total. The van der Waals surface area contributed by atoms with Gasteiger partial charge in [-0.25, -0.2) is 5.43 Å². The van der Waals surface area contributed by atoms with Gasteiger partial charge in [-0.15, -0.1) is 0 Å². The van der Waals surface area contributed by atoms with Gasteiger partial charge in [0.25, 0.3) is 0 Å². The standard InChI is InChI=1S/C14H13BrN2O2/c1-2-12(10-5-7-11(15)8-6-10)16-17-14(18)13-4-3-9-19-13/h3-9H,2H2,1H3,(H,17,18)/b16-12+. The second-order valence-electron chi connectivity index (χ2n) is 3.84. The van der Waals surface area contributed by atoms with E-state index in [-0.39, 0.29) is 11.7 Å². The van der Waals surface area contributed by atoms with E-state index in [0.29, 0.717) is 0 Å². The summed E-state index contributed by atoms with van der Waals surface area (Å²) >= 11 is 3.38. The van der Waals surface area contributed by atoms with Gasteiger partial charge in [0, 0.05) is 4.47 Å². The van der Waals surface area contributed by atoms with Crippen LogP contribution in [0.25, 0.3) is 0 Å². The Balaban J connectivity index is 2.11. The summed E-state index contributed by atoms with van der Waals surface area (Å²) in [7, 11) is 0. The Hall–Kier alpha value is -1.88. The molecule has 19 heavy (non-hydrogen) atoms. The van der Waals surface area contributed by atoms with Crippen LogP contribution in [0.3, 0.4) is 0 Å². The molecular formula is C14H13BrN2O2. The van der Waals surface area contributed by atoms with E-state index in [1.807, 2.05) is 31.2 Å². The molecule has 0 spiro atoms. The largest absolute Gasteiger partial charge is 0.459 e. The van der Waals surface area contributed by atoms with Crippen molar-refractivity contribution in [2.24, 2.45) is 5.10 Å². The molecule has 1 heterocycles. The van der Waals surface area contributed by atoms with E-state index in [4.69, 9.17) is 4.42 Å². The first-order chi connectivity index (χ1) is 9.20. The summed E-state index contributed by atoms with van der Waals surface area (Å²) < 4.78 is 6.00. The van der Waals surface area contributed by atoms with Crippen LogP contribution in [0.2, 0.25) is 0 Å². The van der Waals surface area contributed by atoms with Gasteiger partial charge in [-0.05, 0) is 36.2 Å². The fraction of sp³-hybridized carbons (Fsp3) is 0.143. The lowest BCUT2D eigenvalue weighted by molar-refractivity contribution is 0.0927. The third kappa shape index (κ3) is 3.54. The molecule has 1 aromatic heterocycles. The molecule has 0 saturated heterocycles. The maximum absolute atomic E-state index is 11.7. The molecule has 0 radical (unpaired) electrons. The predicted molar refractivity (Wildman–Crippen MR) is 77.1 cm³/mol. The quantitative estimate of drug-likeness (QED) is 0.691. The van der Waals surface area contributed by atoms with Crippen molar-refractivity contribution in [1.82, 2.24) is 5.43 Å². The topological polar surface area (TPSA) is 54.6 Å². The Kier molecular flexibility index (Phi) is 4.52. The zero-order chi connectivity index (χ0) is 13.7. The molecular weight excluding hydrogens is 308 g/mol.